The van der Waals surface area contributed by atoms with E-state index in [2.05, 4.69) is 9.98 Å². The summed E-state index contributed by atoms with van der Waals surface area (Å²) in [5.41, 5.74) is 8.54. The fourth-order valence-corrected chi connectivity index (χ4v) is 2.58. The zero-order valence-corrected chi connectivity index (χ0v) is 12.7. The van der Waals surface area contributed by atoms with Gasteiger partial charge in [0.15, 0.2) is 5.78 Å². The molecule has 3 rings (SSSR count). The second kappa shape index (κ2) is 6.12. The first-order chi connectivity index (χ1) is 11.1. The Kier molecular flexibility index (Phi) is 4.02. The van der Waals surface area contributed by atoms with Crippen molar-refractivity contribution in [3.05, 3.63) is 59.4 Å². The molecule has 0 radical (unpaired) electrons. The minimum absolute atomic E-state index is 0.0495. The van der Waals surface area contributed by atoms with E-state index in [0.29, 0.717) is 34.8 Å². The SMILES string of the molecule is CC(=O)c1ccccc1-c1ccc(C2=NCC(N)=NC2)c(F)c1. The number of ketones is 1. The van der Waals surface area contributed by atoms with Crippen molar-refractivity contribution < 1.29 is 9.18 Å². The van der Waals surface area contributed by atoms with Gasteiger partial charge in [-0.15, -0.1) is 0 Å². The van der Waals surface area contributed by atoms with Gasteiger partial charge >= 0.3 is 0 Å². The Morgan fingerprint density at radius 1 is 1.09 bits per heavy atom. The largest absolute Gasteiger partial charge is 0.386 e. The van der Waals surface area contributed by atoms with Gasteiger partial charge < -0.3 is 5.73 Å². The van der Waals surface area contributed by atoms with Crippen molar-refractivity contribution in [1.29, 1.82) is 0 Å². The molecule has 2 aromatic carbocycles. The van der Waals surface area contributed by atoms with Crippen molar-refractivity contribution in [3.63, 3.8) is 0 Å². The molecule has 0 fully saturated rings. The number of rotatable bonds is 3. The van der Waals surface area contributed by atoms with E-state index in [1.165, 1.54) is 13.0 Å². The maximum atomic E-state index is 14.5. The summed E-state index contributed by atoms with van der Waals surface area (Å²) >= 11 is 0. The number of hydrogen-bond donors (Lipinski definition) is 1. The number of aliphatic imine (C=N–C) groups is 2. The van der Waals surface area contributed by atoms with Crippen LogP contribution in [0.4, 0.5) is 4.39 Å². The van der Waals surface area contributed by atoms with Gasteiger partial charge in [-0.1, -0.05) is 30.3 Å². The summed E-state index contributed by atoms with van der Waals surface area (Å²) in [6, 6.07) is 12.1. The summed E-state index contributed by atoms with van der Waals surface area (Å²) in [7, 11) is 0. The summed E-state index contributed by atoms with van der Waals surface area (Å²) < 4.78 is 14.5. The number of carbonyl (C=O) groups is 1. The van der Waals surface area contributed by atoms with Crippen LogP contribution in [0.25, 0.3) is 11.1 Å². The molecule has 2 N–H and O–H groups in total. The van der Waals surface area contributed by atoms with Gasteiger partial charge in [-0.05, 0) is 30.2 Å². The number of carbonyl (C=O) groups excluding carboxylic acids is 1. The molecule has 0 atom stereocenters. The second-order valence-corrected chi connectivity index (χ2v) is 5.37. The average Bonchev–Trinajstić information content (AvgIpc) is 2.56. The van der Waals surface area contributed by atoms with Crippen LogP contribution in [0.15, 0.2) is 52.4 Å². The molecule has 0 aromatic heterocycles. The van der Waals surface area contributed by atoms with Crippen LogP contribution in [-0.4, -0.2) is 30.4 Å². The number of nitrogens with zero attached hydrogens (tertiary/aromatic N) is 2. The van der Waals surface area contributed by atoms with E-state index in [9.17, 15) is 9.18 Å². The molecule has 1 heterocycles. The Balaban J connectivity index is 1.99. The van der Waals surface area contributed by atoms with Crippen molar-refractivity contribution in [2.24, 2.45) is 15.7 Å². The van der Waals surface area contributed by atoms with Crippen LogP contribution in [0, 0.1) is 5.82 Å². The van der Waals surface area contributed by atoms with Crippen LogP contribution in [0.5, 0.6) is 0 Å². The minimum Gasteiger partial charge on any atom is -0.386 e. The van der Waals surface area contributed by atoms with Crippen LogP contribution in [0.3, 0.4) is 0 Å². The monoisotopic (exact) mass is 309 g/mol. The van der Waals surface area contributed by atoms with Crippen molar-refractivity contribution in [3.8, 4) is 11.1 Å². The summed E-state index contributed by atoms with van der Waals surface area (Å²) in [4.78, 5) is 20.1. The highest BCUT2D eigenvalue weighted by atomic mass is 19.1. The van der Waals surface area contributed by atoms with Crippen molar-refractivity contribution in [2.45, 2.75) is 6.92 Å². The molecule has 116 valence electrons. The van der Waals surface area contributed by atoms with E-state index in [4.69, 9.17) is 5.73 Å². The van der Waals surface area contributed by atoms with E-state index in [0.717, 1.165) is 5.56 Å². The molecule has 0 saturated heterocycles. The standard InChI is InChI=1S/C18H16FN3O/c1-11(23)13-4-2-3-5-14(13)12-6-7-15(16(19)8-12)17-9-22-18(20)10-21-17/h2-8H,9-10H2,1H3,(H2,20,22). The van der Waals surface area contributed by atoms with Crippen molar-refractivity contribution >= 4 is 17.3 Å². The quantitative estimate of drug-likeness (QED) is 0.886. The van der Waals surface area contributed by atoms with Gasteiger partial charge in [0.25, 0.3) is 0 Å². The lowest BCUT2D eigenvalue weighted by molar-refractivity contribution is 0.101. The lowest BCUT2D eigenvalue weighted by atomic mass is 9.95. The van der Waals surface area contributed by atoms with Crippen LogP contribution in [0.1, 0.15) is 22.8 Å². The Hall–Kier alpha value is -2.82. The predicted octanol–water partition coefficient (Wildman–Crippen LogP) is 2.86. The highest BCUT2D eigenvalue weighted by molar-refractivity contribution is 6.06. The predicted molar refractivity (Wildman–Crippen MR) is 89.7 cm³/mol. The van der Waals surface area contributed by atoms with Gasteiger partial charge in [-0.2, -0.15) is 0 Å². The Bertz CT molecular complexity index is 840. The molecule has 1 aliphatic rings. The molecular formula is C18H16FN3O. The van der Waals surface area contributed by atoms with E-state index < -0.39 is 0 Å². The van der Waals surface area contributed by atoms with Gasteiger partial charge in [0, 0.05) is 11.1 Å². The Labute approximate surface area is 133 Å². The van der Waals surface area contributed by atoms with Gasteiger partial charge in [-0.3, -0.25) is 14.8 Å². The second-order valence-electron chi connectivity index (χ2n) is 5.37. The molecule has 4 nitrogen and oxygen atoms in total. The zero-order chi connectivity index (χ0) is 16.4. The third-order valence-electron chi connectivity index (χ3n) is 3.76. The smallest absolute Gasteiger partial charge is 0.160 e. The van der Waals surface area contributed by atoms with E-state index >= 15 is 0 Å². The highest BCUT2D eigenvalue weighted by Gasteiger charge is 2.15. The normalized spacial score (nSPS) is 14.2. The van der Waals surface area contributed by atoms with Crippen LogP contribution in [-0.2, 0) is 0 Å². The van der Waals surface area contributed by atoms with Crippen LogP contribution in [0.2, 0.25) is 0 Å². The molecule has 0 amide bonds. The molecule has 0 bridgehead atoms. The van der Waals surface area contributed by atoms with Gasteiger partial charge in [0.2, 0.25) is 0 Å². The molecular weight excluding hydrogens is 293 g/mol. The maximum Gasteiger partial charge on any atom is 0.160 e. The van der Waals surface area contributed by atoms with Crippen LogP contribution >= 0.6 is 0 Å². The molecule has 23 heavy (non-hydrogen) atoms. The topological polar surface area (TPSA) is 67.8 Å². The fraction of sp³-hybridized carbons (Fsp3) is 0.167. The molecule has 1 aliphatic heterocycles. The average molecular weight is 309 g/mol. The summed E-state index contributed by atoms with van der Waals surface area (Å²) in [5, 5.41) is 0. The summed E-state index contributed by atoms with van der Waals surface area (Å²) in [6.45, 7) is 2.08. The van der Waals surface area contributed by atoms with Gasteiger partial charge in [0.1, 0.15) is 11.7 Å². The molecule has 5 heteroatoms. The van der Waals surface area contributed by atoms with Crippen molar-refractivity contribution in [1.82, 2.24) is 0 Å². The van der Waals surface area contributed by atoms with E-state index in [-0.39, 0.29) is 18.1 Å². The molecule has 0 unspecified atom stereocenters. The molecule has 2 aromatic rings. The van der Waals surface area contributed by atoms with Gasteiger partial charge in [-0.25, -0.2) is 4.39 Å². The first-order valence-electron chi connectivity index (χ1n) is 7.28. The first-order valence-corrected chi connectivity index (χ1v) is 7.28. The van der Waals surface area contributed by atoms with E-state index in [1.807, 2.05) is 12.1 Å². The van der Waals surface area contributed by atoms with Crippen LogP contribution < -0.4 is 5.73 Å². The first kappa shape index (κ1) is 15.1. The third kappa shape index (κ3) is 3.04. The molecule has 0 aliphatic carbocycles. The number of hydrogen-bond acceptors (Lipinski definition) is 4. The van der Waals surface area contributed by atoms with Gasteiger partial charge in [0.05, 0.1) is 18.8 Å². The van der Waals surface area contributed by atoms with E-state index in [1.54, 1.807) is 24.3 Å². The summed E-state index contributed by atoms with van der Waals surface area (Å²) in [5.74, 6) is 0.0305. The Morgan fingerprint density at radius 2 is 1.87 bits per heavy atom. The number of Topliss-reactive ketones (excluding diaryl/α,β-unsaturated/α-hetero) is 1. The zero-order valence-electron chi connectivity index (χ0n) is 12.7. The lowest BCUT2D eigenvalue weighted by Gasteiger charge is -2.13. The summed E-state index contributed by atoms with van der Waals surface area (Å²) in [6.07, 6.45) is 0. The number of halogens is 1. The number of amidine groups is 1. The highest BCUT2D eigenvalue weighted by Crippen LogP contribution is 2.26. The molecule has 0 spiro atoms. The maximum absolute atomic E-state index is 14.5. The Morgan fingerprint density at radius 3 is 2.52 bits per heavy atom. The molecule has 0 saturated carbocycles. The minimum atomic E-state index is -0.379. The third-order valence-corrected chi connectivity index (χ3v) is 3.76. The number of nitrogens with two attached hydrogens (primary N) is 1. The number of benzene rings is 2. The van der Waals surface area contributed by atoms with Crippen molar-refractivity contribution in [2.75, 3.05) is 13.1 Å². The lowest BCUT2D eigenvalue weighted by Crippen LogP contribution is -2.24. The fourth-order valence-electron chi connectivity index (χ4n) is 2.58.